The molecule has 25 heavy (non-hydrogen) atoms. The number of rotatable bonds is 6. The van der Waals surface area contributed by atoms with Crippen LogP contribution < -0.4 is 16.4 Å². The lowest BCUT2D eigenvalue weighted by Gasteiger charge is -2.11. The number of halogens is 1. The Balaban J connectivity index is 1.83. The van der Waals surface area contributed by atoms with Crippen LogP contribution in [0.15, 0.2) is 36.9 Å². The molecule has 9 nitrogen and oxygen atoms in total. The number of hydrogen-bond donors (Lipinski definition) is 3. The van der Waals surface area contributed by atoms with Crippen LogP contribution in [-0.2, 0) is 13.6 Å². The SMILES string of the molecule is Cn1cc(Nc2ncc(C(N)=O)c(NCc3cccnc3F)n2)cn1. The van der Waals surface area contributed by atoms with Crippen molar-refractivity contribution in [1.29, 1.82) is 0 Å². The van der Waals surface area contributed by atoms with E-state index in [1.807, 2.05) is 0 Å². The van der Waals surface area contributed by atoms with Gasteiger partial charge in [0, 0.05) is 37.7 Å². The second-order valence-electron chi connectivity index (χ2n) is 5.15. The van der Waals surface area contributed by atoms with Crippen LogP contribution in [0.2, 0.25) is 0 Å². The molecule has 4 N–H and O–H groups in total. The summed E-state index contributed by atoms with van der Waals surface area (Å²) in [4.78, 5) is 23.4. The number of hydrogen-bond acceptors (Lipinski definition) is 7. The molecule has 0 saturated carbocycles. The van der Waals surface area contributed by atoms with Crippen molar-refractivity contribution in [2.24, 2.45) is 12.8 Å². The third-order valence-electron chi connectivity index (χ3n) is 3.30. The van der Waals surface area contributed by atoms with E-state index >= 15 is 0 Å². The zero-order valence-corrected chi connectivity index (χ0v) is 13.3. The van der Waals surface area contributed by atoms with Crippen molar-refractivity contribution in [3.05, 3.63) is 54.0 Å². The fourth-order valence-electron chi connectivity index (χ4n) is 2.10. The molecule has 3 rings (SSSR count). The number of pyridine rings is 1. The summed E-state index contributed by atoms with van der Waals surface area (Å²) >= 11 is 0. The van der Waals surface area contributed by atoms with E-state index in [2.05, 4.69) is 30.7 Å². The highest BCUT2D eigenvalue weighted by Gasteiger charge is 2.13. The minimum Gasteiger partial charge on any atom is -0.365 e. The van der Waals surface area contributed by atoms with Gasteiger partial charge < -0.3 is 16.4 Å². The molecule has 0 bridgehead atoms. The van der Waals surface area contributed by atoms with Gasteiger partial charge in [0.05, 0.1) is 17.4 Å². The number of aryl methyl sites for hydroxylation is 1. The molecule has 0 radical (unpaired) electrons. The van der Waals surface area contributed by atoms with Crippen molar-refractivity contribution in [3.8, 4) is 0 Å². The van der Waals surface area contributed by atoms with Crippen LogP contribution in [0.4, 0.5) is 21.8 Å². The van der Waals surface area contributed by atoms with Gasteiger partial charge in [0.25, 0.3) is 5.91 Å². The molecule has 10 heteroatoms. The summed E-state index contributed by atoms with van der Waals surface area (Å²) in [6.07, 6.45) is 6.00. The Morgan fingerprint density at radius 3 is 2.88 bits per heavy atom. The lowest BCUT2D eigenvalue weighted by molar-refractivity contribution is 0.100. The van der Waals surface area contributed by atoms with Crippen LogP contribution in [0.1, 0.15) is 15.9 Å². The quantitative estimate of drug-likeness (QED) is 0.575. The second-order valence-corrected chi connectivity index (χ2v) is 5.15. The molecule has 0 saturated heterocycles. The summed E-state index contributed by atoms with van der Waals surface area (Å²) in [7, 11) is 1.78. The average Bonchev–Trinajstić information content (AvgIpc) is 2.99. The van der Waals surface area contributed by atoms with Crippen LogP contribution in [0.3, 0.4) is 0 Å². The minimum atomic E-state index is -0.693. The summed E-state index contributed by atoms with van der Waals surface area (Å²) < 4.78 is 15.2. The average molecular weight is 342 g/mol. The second kappa shape index (κ2) is 6.91. The van der Waals surface area contributed by atoms with Gasteiger partial charge in [-0.3, -0.25) is 9.48 Å². The zero-order valence-electron chi connectivity index (χ0n) is 13.3. The predicted molar refractivity (Wildman–Crippen MR) is 88.6 cm³/mol. The Labute approximate surface area is 142 Å². The van der Waals surface area contributed by atoms with E-state index in [1.54, 1.807) is 36.3 Å². The number of nitrogens with one attached hydrogen (secondary N) is 2. The van der Waals surface area contributed by atoms with Gasteiger partial charge in [-0.05, 0) is 6.07 Å². The molecule has 0 spiro atoms. The Kier molecular flexibility index (Phi) is 4.50. The first kappa shape index (κ1) is 16.3. The predicted octanol–water partition coefficient (Wildman–Crippen LogP) is 1.20. The molecule has 0 aliphatic carbocycles. The third kappa shape index (κ3) is 3.86. The van der Waals surface area contributed by atoms with Gasteiger partial charge in [0.15, 0.2) is 0 Å². The van der Waals surface area contributed by atoms with Gasteiger partial charge in [-0.15, -0.1) is 0 Å². The Morgan fingerprint density at radius 2 is 2.20 bits per heavy atom. The summed E-state index contributed by atoms with van der Waals surface area (Å²) in [5.74, 6) is -0.857. The normalized spacial score (nSPS) is 10.5. The lowest BCUT2D eigenvalue weighted by atomic mass is 10.2. The van der Waals surface area contributed by atoms with Crippen LogP contribution in [0, 0.1) is 5.95 Å². The molecule has 0 aliphatic rings. The maximum atomic E-state index is 13.6. The Hall–Kier alpha value is -3.56. The molecule has 0 aromatic carbocycles. The van der Waals surface area contributed by atoms with Crippen molar-refractivity contribution in [1.82, 2.24) is 24.7 Å². The van der Waals surface area contributed by atoms with Crippen LogP contribution in [0.5, 0.6) is 0 Å². The highest BCUT2D eigenvalue weighted by molar-refractivity contribution is 5.97. The maximum absolute atomic E-state index is 13.6. The van der Waals surface area contributed by atoms with Crippen molar-refractivity contribution in [3.63, 3.8) is 0 Å². The summed E-state index contributed by atoms with van der Waals surface area (Å²) in [6.45, 7) is 0.0866. The lowest BCUT2D eigenvalue weighted by Crippen LogP contribution is -2.17. The number of carbonyl (C=O) groups is 1. The van der Waals surface area contributed by atoms with E-state index in [0.717, 1.165) is 0 Å². The fraction of sp³-hybridized carbons (Fsp3) is 0.133. The maximum Gasteiger partial charge on any atom is 0.254 e. The van der Waals surface area contributed by atoms with Crippen molar-refractivity contribution < 1.29 is 9.18 Å². The van der Waals surface area contributed by atoms with Crippen LogP contribution in [0.25, 0.3) is 0 Å². The molecule has 3 aromatic rings. The number of amides is 1. The molecule has 3 aromatic heterocycles. The fourth-order valence-corrected chi connectivity index (χ4v) is 2.10. The number of carbonyl (C=O) groups excluding carboxylic acids is 1. The summed E-state index contributed by atoms with van der Waals surface area (Å²) in [6, 6.07) is 3.19. The number of nitrogens with zero attached hydrogens (tertiary/aromatic N) is 5. The minimum absolute atomic E-state index is 0.0866. The largest absolute Gasteiger partial charge is 0.365 e. The van der Waals surface area contributed by atoms with E-state index in [4.69, 9.17) is 5.73 Å². The molecule has 0 aliphatic heterocycles. The van der Waals surface area contributed by atoms with E-state index < -0.39 is 11.9 Å². The molecule has 0 atom stereocenters. The highest BCUT2D eigenvalue weighted by Crippen LogP contribution is 2.18. The van der Waals surface area contributed by atoms with Crippen LogP contribution in [-0.4, -0.2) is 30.6 Å². The first-order valence-corrected chi connectivity index (χ1v) is 7.28. The van der Waals surface area contributed by atoms with Crippen molar-refractivity contribution in [2.45, 2.75) is 6.54 Å². The highest BCUT2D eigenvalue weighted by atomic mass is 19.1. The molecule has 3 heterocycles. The third-order valence-corrected chi connectivity index (χ3v) is 3.30. The van der Waals surface area contributed by atoms with E-state index in [9.17, 15) is 9.18 Å². The van der Waals surface area contributed by atoms with Gasteiger partial charge in [0.1, 0.15) is 5.82 Å². The van der Waals surface area contributed by atoms with Gasteiger partial charge in [-0.25, -0.2) is 9.97 Å². The number of primary amides is 1. The topological polar surface area (TPSA) is 124 Å². The molecular formula is C15H15FN8O. The summed E-state index contributed by atoms with van der Waals surface area (Å²) in [5.41, 5.74) is 6.45. The monoisotopic (exact) mass is 342 g/mol. The molecule has 0 unspecified atom stereocenters. The van der Waals surface area contributed by atoms with Crippen molar-refractivity contribution in [2.75, 3.05) is 10.6 Å². The van der Waals surface area contributed by atoms with E-state index in [0.29, 0.717) is 11.3 Å². The molecule has 1 amide bonds. The zero-order chi connectivity index (χ0) is 17.8. The van der Waals surface area contributed by atoms with Gasteiger partial charge in [0.2, 0.25) is 11.9 Å². The number of aromatic nitrogens is 5. The van der Waals surface area contributed by atoms with E-state index in [1.165, 1.54) is 12.4 Å². The van der Waals surface area contributed by atoms with Gasteiger partial charge >= 0.3 is 0 Å². The van der Waals surface area contributed by atoms with E-state index in [-0.39, 0.29) is 23.9 Å². The Morgan fingerprint density at radius 1 is 1.36 bits per heavy atom. The molecule has 0 fully saturated rings. The van der Waals surface area contributed by atoms with Crippen molar-refractivity contribution >= 4 is 23.4 Å². The first-order valence-electron chi connectivity index (χ1n) is 7.28. The number of nitrogens with two attached hydrogens (primary N) is 1. The molecular weight excluding hydrogens is 327 g/mol. The van der Waals surface area contributed by atoms with Gasteiger partial charge in [-0.2, -0.15) is 14.5 Å². The first-order chi connectivity index (χ1) is 12.0. The molecule has 128 valence electrons. The summed E-state index contributed by atoms with van der Waals surface area (Å²) in [5, 5.41) is 9.87. The Bertz CT molecular complexity index is 910. The smallest absolute Gasteiger partial charge is 0.254 e. The number of anilines is 3. The van der Waals surface area contributed by atoms with Crippen LogP contribution >= 0.6 is 0 Å². The van der Waals surface area contributed by atoms with Gasteiger partial charge in [-0.1, -0.05) is 6.07 Å². The standard InChI is InChI=1S/C15H15FN8O/c1-24-8-10(6-21-24)22-15-20-7-11(13(17)25)14(23-15)19-5-9-3-2-4-18-12(9)16/h2-4,6-8H,5H2,1H3,(H2,17,25)(H2,19,20,22,23).